The summed E-state index contributed by atoms with van der Waals surface area (Å²) in [7, 11) is 2.63. The molecule has 9 heteroatoms. The van der Waals surface area contributed by atoms with Gasteiger partial charge in [0.2, 0.25) is 0 Å². The molecule has 0 aromatic carbocycles. The lowest BCUT2D eigenvalue weighted by molar-refractivity contribution is 0.0591. The van der Waals surface area contributed by atoms with Gasteiger partial charge in [-0.15, -0.1) is 0 Å². The number of hydrogen-bond donors (Lipinski definition) is 2. The lowest BCUT2D eigenvalue weighted by atomic mass is 10.3. The van der Waals surface area contributed by atoms with Gasteiger partial charge in [0, 0.05) is 12.4 Å². The first-order chi connectivity index (χ1) is 10.9. The highest BCUT2D eigenvalue weighted by Gasteiger charge is 2.10. The molecule has 0 unspecified atom stereocenters. The van der Waals surface area contributed by atoms with Crippen molar-refractivity contribution in [3.05, 3.63) is 46.2 Å². The van der Waals surface area contributed by atoms with Crippen molar-refractivity contribution < 1.29 is 19.1 Å². The lowest BCUT2D eigenvalue weighted by Crippen LogP contribution is -2.04. The largest absolute Gasteiger partial charge is 0.465 e. The smallest absolute Gasteiger partial charge is 0.339 e. The fourth-order valence-corrected chi connectivity index (χ4v) is 1.79. The summed E-state index contributed by atoms with van der Waals surface area (Å²) < 4.78 is 9.56. The van der Waals surface area contributed by atoms with E-state index in [0.717, 1.165) is 0 Å². The van der Waals surface area contributed by atoms with E-state index in [1.165, 1.54) is 38.7 Å². The molecular weight excluding hydrogens is 368 g/mol. The Hall–Kier alpha value is -2.68. The Bertz CT molecular complexity index is 709. The van der Waals surface area contributed by atoms with Gasteiger partial charge in [0.15, 0.2) is 0 Å². The Kier molecular flexibility index (Phi) is 6.94. The number of carbonyl (C=O) groups excluding carboxylic acids is 2. The molecule has 2 rings (SSSR count). The van der Waals surface area contributed by atoms with Crippen LogP contribution in [0.5, 0.6) is 0 Å². The average molecular weight is 383 g/mol. The fraction of sp³-hybridized carbons (Fsp3) is 0.143. The van der Waals surface area contributed by atoms with Gasteiger partial charge in [0.25, 0.3) is 0 Å². The molecule has 2 aromatic rings. The van der Waals surface area contributed by atoms with E-state index in [9.17, 15) is 9.59 Å². The molecular formula is C14H15BrN4O4. The number of halogens is 1. The zero-order valence-corrected chi connectivity index (χ0v) is 14.0. The molecule has 0 aliphatic heterocycles. The topological polar surface area (TPSA) is 130 Å². The van der Waals surface area contributed by atoms with Crippen LogP contribution < -0.4 is 11.5 Å². The molecule has 0 saturated heterocycles. The molecule has 0 spiro atoms. The highest BCUT2D eigenvalue weighted by Crippen LogP contribution is 2.17. The van der Waals surface area contributed by atoms with Gasteiger partial charge in [0.05, 0.1) is 29.8 Å². The zero-order valence-electron chi connectivity index (χ0n) is 12.4. The Morgan fingerprint density at radius 3 is 2.22 bits per heavy atom. The summed E-state index contributed by atoms with van der Waals surface area (Å²) in [6.07, 6.45) is 2.92. The van der Waals surface area contributed by atoms with Crippen LogP contribution in [0.2, 0.25) is 0 Å². The van der Waals surface area contributed by atoms with E-state index in [-0.39, 0.29) is 0 Å². The molecule has 2 aromatic heterocycles. The fourth-order valence-electron chi connectivity index (χ4n) is 1.41. The zero-order chi connectivity index (χ0) is 17.4. The van der Waals surface area contributed by atoms with Gasteiger partial charge < -0.3 is 20.9 Å². The Labute approximate surface area is 140 Å². The quantitative estimate of drug-likeness (QED) is 0.749. The van der Waals surface area contributed by atoms with Crippen LogP contribution in [-0.2, 0) is 9.47 Å². The summed E-state index contributed by atoms with van der Waals surface area (Å²) in [6.45, 7) is 0. The standard InChI is InChI=1S/C7H7BrN2O2.C7H8N2O2/c1-12-7(11)4-2-6(9)10-3-5(4)8;1-11-7(10)5-2-3-9-6(8)4-5/h2-3H,1H3,(H2,9,10);2-4H,1H3,(H2,8,9). The van der Waals surface area contributed by atoms with Crippen LogP contribution in [0.4, 0.5) is 11.6 Å². The Balaban J connectivity index is 0.000000231. The summed E-state index contributed by atoms with van der Waals surface area (Å²) in [6, 6.07) is 4.46. The first-order valence-corrected chi connectivity index (χ1v) is 6.97. The average Bonchev–Trinajstić information content (AvgIpc) is 2.56. The number of methoxy groups -OCH3 is 2. The van der Waals surface area contributed by atoms with Crippen LogP contribution in [0.15, 0.2) is 35.1 Å². The number of pyridine rings is 2. The van der Waals surface area contributed by atoms with E-state index in [1.54, 1.807) is 6.07 Å². The second-order valence-electron chi connectivity index (χ2n) is 4.04. The minimum absolute atomic E-state index is 0.290. The van der Waals surface area contributed by atoms with Crippen molar-refractivity contribution in [1.29, 1.82) is 0 Å². The Morgan fingerprint density at radius 2 is 1.65 bits per heavy atom. The monoisotopic (exact) mass is 382 g/mol. The second-order valence-corrected chi connectivity index (χ2v) is 4.90. The molecule has 0 fully saturated rings. The van der Waals surface area contributed by atoms with Gasteiger partial charge >= 0.3 is 11.9 Å². The van der Waals surface area contributed by atoms with Crippen LogP contribution in [0.3, 0.4) is 0 Å². The molecule has 0 radical (unpaired) electrons. The molecule has 2 heterocycles. The number of rotatable bonds is 2. The van der Waals surface area contributed by atoms with Crippen molar-refractivity contribution in [2.75, 3.05) is 25.7 Å². The number of nitrogen functional groups attached to an aromatic ring is 2. The predicted molar refractivity (Wildman–Crippen MR) is 87.7 cm³/mol. The first kappa shape index (κ1) is 18.4. The van der Waals surface area contributed by atoms with Crippen LogP contribution in [0.1, 0.15) is 20.7 Å². The summed E-state index contributed by atoms with van der Waals surface area (Å²) in [5.41, 5.74) is 11.5. The molecule has 23 heavy (non-hydrogen) atoms. The maximum atomic E-state index is 11.1. The Morgan fingerprint density at radius 1 is 1.04 bits per heavy atom. The first-order valence-electron chi connectivity index (χ1n) is 6.18. The minimum Gasteiger partial charge on any atom is -0.465 e. The number of nitrogens with zero attached hydrogens (tertiary/aromatic N) is 2. The van der Waals surface area contributed by atoms with E-state index in [1.807, 2.05) is 0 Å². The van der Waals surface area contributed by atoms with Crippen molar-refractivity contribution in [1.82, 2.24) is 9.97 Å². The van der Waals surface area contributed by atoms with Crippen LogP contribution in [0.25, 0.3) is 0 Å². The summed E-state index contributed by atoms with van der Waals surface area (Å²) in [5.74, 6) is -0.235. The number of anilines is 2. The normalized spacial score (nSPS) is 9.35. The maximum absolute atomic E-state index is 11.1. The molecule has 0 saturated carbocycles. The third-order valence-corrected chi connectivity index (χ3v) is 3.12. The molecule has 4 N–H and O–H groups in total. The van der Waals surface area contributed by atoms with Crippen LogP contribution >= 0.6 is 15.9 Å². The number of carbonyl (C=O) groups is 2. The van der Waals surface area contributed by atoms with E-state index < -0.39 is 11.9 Å². The number of nitrogens with two attached hydrogens (primary N) is 2. The van der Waals surface area contributed by atoms with E-state index in [2.05, 4.69) is 35.4 Å². The van der Waals surface area contributed by atoms with Gasteiger partial charge in [-0.2, -0.15) is 0 Å². The molecule has 0 bridgehead atoms. The number of hydrogen-bond acceptors (Lipinski definition) is 8. The minimum atomic E-state index is -0.434. The molecule has 122 valence electrons. The van der Waals surface area contributed by atoms with E-state index in [0.29, 0.717) is 27.2 Å². The molecule has 0 atom stereocenters. The summed E-state index contributed by atoms with van der Waals surface area (Å²) >= 11 is 3.15. The van der Waals surface area contributed by atoms with Crippen molar-refractivity contribution in [2.24, 2.45) is 0 Å². The highest BCUT2D eigenvalue weighted by atomic mass is 79.9. The lowest BCUT2D eigenvalue weighted by Gasteiger charge is -2.01. The third kappa shape index (κ3) is 5.55. The van der Waals surface area contributed by atoms with Crippen molar-refractivity contribution in [2.45, 2.75) is 0 Å². The number of ether oxygens (including phenoxy) is 2. The maximum Gasteiger partial charge on any atom is 0.339 e. The molecule has 0 aliphatic rings. The number of aromatic nitrogens is 2. The summed E-state index contributed by atoms with van der Waals surface area (Å²) in [5, 5.41) is 0. The molecule has 0 amide bonds. The van der Waals surface area contributed by atoms with Crippen molar-refractivity contribution in [3.8, 4) is 0 Å². The molecule has 0 aliphatic carbocycles. The van der Waals surface area contributed by atoms with Crippen LogP contribution in [-0.4, -0.2) is 36.1 Å². The highest BCUT2D eigenvalue weighted by molar-refractivity contribution is 9.10. The second kappa shape index (κ2) is 8.69. The van der Waals surface area contributed by atoms with Crippen LogP contribution in [0, 0.1) is 0 Å². The van der Waals surface area contributed by atoms with Gasteiger partial charge in [-0.1, -0.05) is 0 Å². The van der Waals surface area contributed by atoms with Crippen molar-refractivity contribution >= 4 is 39.5 Å². The van der Waals surface area contributed by atoms with E-state index >= 15 is 0 Å². The number of esters is 2. The van der Waals surface area contributed by atoms with Gasteiger partial charge in [0.1, 0.15) is 11.6 Å². The summed E-state index contributed by atoms with van der Waals surface area (Å²) in [4.78, 5) is 29.4. The SMILES string of the molecule is COC(=O)c1cc(N)ncc1Br.COC(=O)c1ccnc(N)c1. The van der Waals surface area contributed by atoms with Gasteiger partial charge in [-0.25, -0.2) is 19.6 Å². The third-order valence-electron chi connectivity index (χ3n) is 2.48. The van der Waals surface area contributed by atoms with E-state index in [4.69, 9.17) is 11.5 Å². The predicted octanol–water partition coefficient (Wildman–Crippen LogP) is 1.66. The van der Waals surface area contributed by atoms with Gasteiger partial charge in [-0.3, -0.25) is 0 Å². The molecule has 8 nitrogen and oxygen atoms in total. The van der Waals surface area contributed by atoms with Crippen molar-refractivity contribution in [3.63, 3.8) is 0 Å². The van der Waals surface area contributed by atoms with Gasteiger partial charge in [-0.05, 0) is 34.1 Å².